The molecule has 170 valence electrons. The molecule has 1 aliphatic heterocycles. The highest BCUT2D eigenvalue weighted by atomic mass is 35.5. The number of thioether (sulfide) groups is 1. The highest BCUT2D eigenvalue weighted by Gasteiger charge is 2.41. The number of para-hydroxylation sites is 1. The second kappa shape index (κ2) is 10.5. The zero-order valence-corrected chi connectivity index (χ0v) is 20.6. The van der Waals surface area contributed by atoms with Gasteiger partial charge in [-0.3, -0.25) is 14.5 Å². The van der Waals surface area contributed by atoms with Crippen molar-refractivity contribution in [2.45, 2.75) is 11.7 Å². The van der Waals surface area contributed by atoms with Crippen molar-refractivity contribution >= 4 is 69.8 Å². The summed E-state index contributed by atoms with van der Waals surface area (Å²) in [5.74, 6) is -0.895. The Hall–Kier alpha value is -2.95. The van der Waals surface area contributed by atoms with Gasteiger partial charge in [0.2, 0.25) is 5.91 Å². The van der Waals surface area contributed by atoms with Gasteiger partial charge in [0.05, 0.1) is 5.25 Å². The van der Waals surface area contributed by atoms with E-state index in [1.807, 2.05) is 12.1 Å². The van der Waals surface area contributed by atoms with Crippen molar-refractivity contribution in [3.05, 3.63) is 104 Å². The van der Waals surface area contributed by atoms with Gasteiger partial charge in [0.1, 0.15) is 16.7 Å². The van der Waals surface area contributed by atoms with Gasteiger partial charge in [0.15, 0.2) is 0 Å². The molecule has 3 aromatic carbocycles. The zero-order valence-electron chi connectivity index (χ0n) is 17.5. The number of amides is 2. The number of halogens is 3. The fourth-order valence-electron chi connectivity index (χ4n) is 3.46. The molecule has 1 aliphatic rings. The molecule has 3 aromatic rings. The van der Waals surface area contributed by atoms with Gasteiger partial charge in [-0.25, -0.2) is 0 Å². The third-order valence-electron chi connectivity index (χ3n) is 5.02. The van der Waals surface area contributed by atoms with Crippen LogP contribution in [-0.2, 0) is 16.0 Å². The monoisotopic (exact) mass is 527 g/mol. The maximum absolute atomic E-state index is 13.5. The molecule has 0 spiro atoms. The summed E-state index contributed by atoms with van der Waals surface area (Å²) in [5, 5.41) is 13.7. The first-order valence-corrected chi connectivity index (χ1v) is 12.1. The molecule has 1 saturated heterocycles. The van der Waals surface area contributed by atoms with Crippen LogP contribution in [0.4, 0.5) is 11.4 Å². The van der Waals surface area contributed by atoms with Gasteiger partial charge < -0.3 is 5.32 Å². The molecule has 0 radical (unpaired) electrons. The molecular formula is C25H16Cl3N3O2S. The number of benzene rings is 3. The van der Waals surface area contributed by atoms with Crippen LogP contribution in [0, 0.1) is 11.3 Å². The van der Waals surface area contributed by atoms with Crippen molar-refractivity contribution in [1.29, 1.82) is 5.26 Å². The van der Waals surface area contributed by atoms with Gasteiger partial charge >= 0.3 is 0 Å². The van der Waals surface area contributed by atoms with Gasteiger partial charge in [-0.2, -0.15) is 5.26 Å². The topological polar surface area (TPSA) is 73.2 Å². The zero-order chi connectivity index (χ0) is 24.2. The van der Waals surface area contributed by atoms with Crippen molar-refractivity contribution in [3.8, 4) is 6.07 Å². The number of nitriles is 1. The number of anilines is 2. The lowest BCUT2D eigenvalue weighted by atomic mass is 10.1. The number of hydrogen-bond acceptors (Lipinski definition) is 4. The molecule has 0 saturated carbocycles. The lowest BCUT2D eigenvalue weighted by Crippen LogP contribution is -2.30. The standard InChI is InChI=1S/C25H16Cl3N3O2S/c26-16-5-4-6-18(13-16)30-23(32)20(14-29)25-31(19-7-2-1-3-8-19)24(33)22(34-25)12-15-11-17(27)9-10-21(15)28/h1-11,13,22H,12H2,(H,30,32)/b25-20-/t22-/m1/s1. The molecule has 0 unspecified atom stereocenters. The van der Waals surface area contributed by atoms with Gasteiger partial charge in [-0.15, -0.1) is 0 Å². The van der Waals surface area contributed by atoms with Crippen LogP contribution < -0.4 is 10.2 Å². The fourth-order valence-corrected chi connectivity index (χ4v) is 5.33. The second-order valence-electron chi connectivity index (χ2n) is 7.31. The van der Waals surface area contributed by atoms with Crippen LogP contribution in [0.1, 0.15) is 5.56 Å². The van der Waals surface area contributed by atoms with E-state index in [-0.39, 0.29) is 22.9 Å². The first-order chi connectivity index (χ1) is 16.4. The minimum atomic E-state index is -0.637. The highest BCUT2D eigenvalue weighted by Crippen LogP contribution is 2.42. The number of rotatable bonds is 5. The summed E-state index contributed by atoms with van der Waals surface area (Å²) in [4.78, 5) is 28.0. The Labute approximate surface area is 215 Å². The SMILES string of the molecule is N#C/C(C(=O)Nc1cccc(Cl)c1)=C1/S[C@H](Cc2cc(Cl)ccc2Cl)C(=O)N1c1ccccc1. The van der Waals surface area contributed by atoms with Crippen LogP contribution in [0.2, 0.25) is 15.1 Å². The van der Waals surface area contributed by atoms with Crippen molar-refractivity contribution in [1.82, 2.24) is 0 Å². The largest absolute Gasteiger partial charge is 0.321 e. The Morgan fingerprint density at radius 1 is 1.00 bits per heavy atom. The summed E-state index contributed by atoms with van der Waals surface area (Å²) in [6, 6.07) is 22.5. The minimum Gasteiger partial charge on any atom is -0.321 e. The van der Waals surface area contributed by atoms with Crippen molar-refractivity contribution in [2.24, 2.45) is 0 Å². The molecule has 1 N–H and O–H groups in total. The van der Waals surface area contributed by atoms with Crippen LogP contribution in [0.25, 0.3) is 0 Å². The van der Waals surface area contributed by atoms with Crippen molar-refractivity contribution in [3.63, 3.8) is 0 Å². The first-order valence-electron chi connectivity index (χ1n) is 10.1. The molecule has 0 aromatic heterocycles. The van der Waals surface area contributed by atoms with Crippen LogP contribution in [0.5, 0.6) is 0 Å². The maximum Gasteiger partial charge on any atom is 0.269 e. The van der Waals surface area contributed by atoms with Gasteiger partial charge in [-0.1, -0.05) is 70.8 Å². The Morgan fingerprint density at radius 3 is 2.44 bits per heavy atom. The van der Waals surface area contributed by atoms with E-state index in [0.717, 1.165) is 11.8 Å². The number of carbonyl (C=O) groups excluding carboxylic acids is 2. The van der Waals surface area contributed by atoms with E-state index in [0.29, 0.717) is 32.0 Å². The maximum atomic E-state index is 13.5. The summed E-state index contributed by atoms with van der Waals surface area (Å²) in [6.45, 7) is 0. The average Bonchev–Trinajstić information content (AvgIpc) is 3.13. The lowest BCUT2D eigenvalue weighted by Gasteiger charge is -2.18. The van der Waals surface area contributed by atoms with E-state index in [9.17, 15) is 14.9 Å². The highest BCUT2D eigenvalue weighted by molar-refractivity contribution is 8.05. The quantitative estimate of drug-likeness (QED) is 0.295. The van der Waals surface area contributed by atoms with Crippen molar-refractivity contribution < 1.29 is 9.59 Å². The molecule has 1 fully saturated rings. The molecule has 1 heterocycles. The number of nitrogens with zero attached hydrogens (tertiary/aromatic N) is 2. The molecule has 34 heavy (non-hydrogen) atoms. The summed E-state index contributed by atoms with van der Waals surface area (Å²) in [6.07, 6.45) is 0.282. The predicted octanol–water partition coefficient (Wildman–Crippen LogP) is 6.71. The normalized spacial score (nSPS) is 16.8. The van der Waals surface area contributed by atoms with E-state index >= 15 is 0 Å². The van der Waals surface area contributed by atoms with E-state index in [2.05, 4.69) is 5.32 Å². The van der Waals surface area contributed by atoms with Gasteiger partial charge in [-0.05, 0) is 60.5 Å². The molecule has 9 heteroatoms. The summed E-state index contributed by atoms with van der Waals surface area (Å²) in [5.41, 5.74) is 1.52. The van der Waals surface area contributed by atoms with Crippen LogP contribution >= 0.6 is 46.6 Å². The number of carbonyl (C=O) groups is 2. The Morgan fingerprint density at radius 2 is 1.74 bits per heavy atom. The number of hydrogen-bond donors (Lipinski definition) is 1. The van der Waals surface area contributed by atoms with E-state index in [1.54, 1.807) is 66.7 Å². The fraction of sp³-hybridized carbons (Fsp3) is 0.0800. The molecule has 0 bridgehead atoms. The Bertz CT molecular complexity index is 1340. The van der Waals surface area contributed by atoms with Gasteiger partial charge in [0, 0.05) is 26.4 Å². The molecule has 5 nitrogen and oxygen atoms in total. The molecule has 1 atom stereocenters. The van der Waals surface area contributed by atoms with E-state index in [1.165, 1.54) is 4.90 Å². The Kier molecular flexibility index (Phi) is 7.50. The van der Waals surface area contributed by atoms with Gasteiger partial charge in [0.25, 0.3) is 5.91 Å². The third kappa shape index (κ3) is 5.24. The smallest absolute Gasteiger partial charge is 0.269 e. The molecule has 2 amide bonds. The van der Waals surface area contributed by atoms with Crippen LogP contribution in [-0.4, -0.2) is 17.1 Å². The van der Waals surface area contributed by atoms with Crippen LogP contribution in [0.3, 0.4) is 0 Å². The van der Waals surface area contributed by atoms with E-state index < -0.39 is 11.2 Å². The molecular weight excluding hydrogens is 513 g/mol. The van der Waals surface area contributed by atoms with Crippen molar-refractivity contribution in [2.75, 3.05) is 10.2 Å². The van der Waals surface area contributed by atoms with E-state index in [4.69, 9.17) is 34.8 Å². The molecule has 4 rings (SSSR count). The summed E-state index contributed by atoms with van der Waals surface area (Å²) >= 11 is 19.6. The second-order valence-corrected chi connectivity index (χ2v) is 9.78. The lowest BCUT2D eigenvalue weighted by molar-refractivity contribution is -0.117. The first kappa shape index (κ1) is 24.2. The minimum absolute atomic E-state index is 0.179. The number of nitrogens with one attached hydrogen (secondary N) is 1. The average molecular weight is 529 g/mol. The van der Waals surface area contributed by atoms with Crippen LogP contribution in [0.15, 0.2) is 83.4 Å². The summed E-state index contributed by atoms with van der Waals surface area (Å²) in [7, 11) is 0. The Balaban J connectivity index is 1.73. The third-order valence-corrected chi connectivity index (χ3v) is 7.12. The predicted molar refractivity (Wildman–Crippen MR) is 138 cm³/mol. The summed E-state index contributed by atoms with van der Waals surface area (Å²) < 4.78 is 0. The molecule has 0 aliphatic carbocycles.